The molecule has 0 bridgehead atoms. The van der Waals surface area contributed by atoms with Crippen LogP contribution in [0.15, 0.2) is 49.1 Å². The number of aromatic nitrogens is 5. The van der Waals surface area contributed by atoms with E-state index in [4.69, 9.17) is 5.26 Å². The van der Waals surface area contributed by atoms with Crippen LogP contribution in [0, 0.1) is 11.3 Å². The molecule has 4 aromatic rings. The second-order valence-corrected chi connectivity index (χ2v) is 7.95. The van der Waals surface area contributed by atoms with Gasteiger partial charge in [-0.1, -0.05) is 0 Å². The van der Waals surface area contributed by atoms with Gasteiger partial charge in [-0.25, -0.2) is 15.0 Å². The number of amides is 1. The van der Waals surface area contributed by atoms with Crippen molar-refractivity contribution >= 4 is 34.1 Å². The van der Waals surface area contributed by atoms with Gasteiger partial charge in [0.2, 0.25) is 0 Å². The van der Waals surface area contributed by atoms with Gasteiger partial charge in [0.15, 0.2) is 11.5 Å². The van der Waals surface area contributed by atoms with E-state index in [2.05, 4.69) is 36.8 Å². The second kappa shape index (κ2) is 8.92. The Morgan fingerprint density at radius 3 is 2.58 bits per heavy atom. The highest BCUT2D eigenvalue weighted by atomic mass is 16.1. The molecule has 1 amide bonds. The Morgan fingerprint density at radius 2 is 1.91 bits per heavy atom. The zero-order valence-corrected chi connectivity index (χ0v) is 18.7. The Morgan fingerprint density at radius 1 is 1.09 bits per heavy atom. The van der Waals surface area contributed by atoms with Crippen LogP contribution >= 0.6 is 0 Å². The van der Waals surface area contributed by atoms with Gasteiger partial charge in [0.1, 0.15) is 11.9 Å². The lowest BCUT2D eigenvalue weighted by molar-refractivity contribution is 0.102. The molecule has 0 aliphatic rings. The maximum absolute atomic E-state index is 13.0. The third-order valence-corrected chi connectivity index (χ3v) is 4.80. The van der Waals surface area contributed by atoms with Crippen LogP contribution in [0.25, 0.3) is 16.9 Å². The molecule has 166 valence electrons. The van der Waals surface area contributed by atoms with Gasteiger partial charge in [-0.3, -0.25) is 4.79 Å². The molecule has 0 radical (unpaired) electrons. The Balaban J connectivity index is 1.67. The number of nitrogens with zero attached hydrogens (tertiary/aromatic N) is 7. The third-order valence-electron chi connectivity index (χ3n) is 4.80. The number of hydrogen-bond donors (Lipinski definition) is 2. The first-order chi connectivity index (χ1) is 15.9. The van der Waals surface area contributed by atoms with Crippen molar-refractivity contribution in [2.24, 2.45) is 0 Å². The summed E-state index contributed by atoms with van der Waals surface area (Å²) in [7, 11) is 3.80. The van der Waals surface area contributed by atoms with Gasteiger partial charge in [0, 0.05) is 44.0 Å². The zero-order valence-electron chi connectivity index (χ0n) is 18.7. The maximum atomic E-state index is 13.0. The summed E-state index contributed by atoms with van der Waals surface area (Å²) in [5.74, 6) is 0.987. The number of fused-ring (bicyclic) bond motifs is 1. The fourth-order valence-corrected chi connectivity index (χ4v) is 3.24. The molecular formula is C23H23N9O. The highest BCUT2D eigenvalue weighted by Gasteiger charge is 2.17. The van der Waals surface area contributed by atoms with Gasteiger partial charge >= 0.3 is 0 Å². The first kappa shape index (κ1) is 21.7. The summed E-state index contributed by atoms with van der Waals surface area (Å²) in [4.78, 5) is 28.0. The van der Waals surface area contributed by atoms with Gasteiger partial charge in [-0.2, -0.15) is 15.0 Å². The van der Waals surface area contributed by atoms with Crippen molar-refractivity contribution in [3.63, 3.8) is 0 Å². The van der Waals surface area contributed by atoms with Crippen molar-refractivity contribution in [2.75, 3.05) is 29.6 Å². The van der Waals surface area contributed by atoms with Gasteiger partial charge in [-0.05, 0) is 32.0 Å². The zero-order chi connectivity index (χ0) is 23.5. The molecule has 0 aromatic carbocycles. The lowest BCUT2D eigenvalue weighted by Gasteiger charge is -2.16. The quantitative estimate of drug-likeness (QED) is 0.467. The molecule has 10 heteroatoms. The fraction of sp³-hybridized carbons (Fsp3) is 0.217. The molecule has 0 fully saturated rings. The van der Waals surface area contributed by atoms with E-state index in [0.29, 0.717) is 34.0 Å². The number of rotatable bonds is 6. The van der Waals surface area contributed by atoms with Crippen LogP contribution in [0.1, 0.15) is 29.8 Å². The van der Waals surface area contributed by atoms with Gasteiger partial charge < -0.3 is 15.5 Å². The van der Waals surface area contributed by atoms with E-state index in [1.54, 1.807) is 35.3 Å². The minimum atomic E-state index is -0.307. The number of anilines is 3. The molecule has 0 aliphatic heterocycles. The van der Waals surface area contributed by atoms with E-state index in [1.165, 1.54) is 12.4 Å². The number of hydrogen-bond acceptors (Lipinski definition) is 8. The van der Waals surface area contributed by atoms with Gasteiger partial charge in [-0.15, -0.1) is 0 Å². The maximum Gasteiger partial charge on any atom is 0.259 e. The van der Waals surface area contributed by atoms with Gasteiger partial charge in [0.25, 0.3) is 5.91 Å². The minimum Gasteiger partial charge on any atom is -0.382 e. The molecule has 0 unspecified atom stereocenters. The summed E-state index contributed by atoms with van der Waals surface area (Å²) in [6.07, 6.45) is 6.24. The smallest absolute Gasteiger partial charge is 0.259 e. The Bertz CT molecular complexity index is 1350. The van der Waals surface area contributed by atoms with Crippen LogP contribution in [-0.2, 0) is 0 Å². The molecule has 0 saturated carbocycles. The topological polar surface area (TPSA) is 125 Å². The average Bonchev–Trinajstić information content (AvgIpc) is 3.22. The van der Waals surface area contributed by atoms with Crippen molar-refractivity contribution in [2.45, 2.75) is 19.9 Å². The summed E-state index contributed by atoms with van der Waals surface area (Å²) in [6, 6.07) is 9.26. The Kier molecular flexibility index (Phi) is 5.87. The molecule has 10 nitrogen and oxygen atoms in total. The first-order valence-corrected chi connectivity index (χ1v) is 10.3. The van der Waals surface area contributed by atoms with E-state index in [1.807, 2.05) is 38.9 Å². The SMILES string of the molecule is CC(C)Nc1cc(-n2ncc3cc(C#N)cnc32)ncc1C(=O)Nc1ccc(N(C)C)nc1. The van der Waals surface area contributed by atoms with Crippen LogP contribution in [-0.4, -0.2) is 50.8 Å². The first-order valence-electron chi connectivity index (χ1n) is 10.3. The van der Waals surface area contributed by atoms with E-state index >= 15 is 0 Å². The van der Waals surface area contributed by atoms with Crippen molar-refractivity contribution in [1.29, 1.82) is 5.26 Å². The van der Waals surface area contributed by atoms with Crippen molar-refractivity contribution in [3.8, 4) is 11.9 Å². The number of carbonyl (C=O) groups is 1. The molecule has 4 aromatic heterocycles. The van der Waals surface area contributed by atoms with Crippen LogP contribution in [0.4, 0.5) is 17.2 Å². The Hall–Kier alpha value is -4.52. The number of nitriles is 1. The van der Waals surface area contributed by atoms with E-state index in [-0.39, 0.29) is 11.9 Å². The van der Waals surface area contributed by atoms with Crippen LogP contribution < -0.4 is 15.5 Å². The summed E-state index contributed by atoms with van der Waals surface area (Å²) in [6.45, 7) is 3.97. The third kappa shape index (κ3) is 4.57. The molecule has 0 saturated heterocycles. The summed E-state index contributed by atoms with van der Waals surface area (Å²) in [5.41, 5.74) is 2.61. The van der Waals surface area contributed by atoms with Crippen LogP contribution in [0.5, 0.6) is 0 Å². The normalized spacial score (nSPS) is 10.8. The fourth-order valence-electron chi connectivity index (χ4n) is 3.24. The van der Waals surface area contributed by atoms with E-state index in [9.17, 15) is 4.79 Å². The molecule has 2 N–H and O–H groups in total. The largest absolute Gasteiger partial charge is 0.382 e. The molecule has 0 spiro atoms. The van der Waals surface area contributed by atoms with Crippen LogP contribution in [0.2, 0.25) is 0 Å². The molecule has 4 heterocycles. The minimum absolute atomic E-state index is 0.0820. The predicted octanol–water partition coefficient (Wildman–Crippen LogP) is 3.22. The molecule has 33 heavy (non-hydrogen) atoms. The summed E-state index contributed by atoms with van der Waals surface area (Å²) in [5, 5.41) is 20.4. The van der Waals surface area contributed by atoms with E-state index < -0.39 is 0 Å². The monoisotopic (exact) mass is 441 g/mol. The lowest BCUT2D eigenvalue weighted by atomic mass is 10.2. The Labute approximate surface area is 190 Å². The number of pyridine rings is 3. The average molecular weight is 441 g/mol. The van der Waals surface area contributed by atoms with Crippen LogP contribution in [0.3, 0.4) is 0 Å². The molecule has 0 aliphatic carbocycles. The molecule has 0 atom stereocenters. The van der Waals surface area contributed by atoms with Crippen molar-refractivity contribution in [3.05, 3.63) is 60.2 Å². The second-order valence-electron chi connectivity index (χ2n) is 7.95. The summed E-state index contributed by atoms with van der Waals surface area (Å²) < 4.78 is 1.58. The van der Waals surface area contributed by atoms with Crippen molar-refractivity contribution < 1.29 is 4.79 Å². The predicted molar refractivity (Wildman–Crippen MR) is 127 cm³/mol. The van der Waals surface area contributed by atoms with E-state index in [0.717, 1.165) is 11.2 Å². The number of nitrogens with one attached hydrogen (secondary N) is 2. The highest BCUT2D eigenvalue weighted by Crippen LogP contribution is 2.23. The number of carbonyl (C=O) groups excluding carboxylic acids is 1. The molecule has 4 rings (SSSR count). The standard InChI is InChI=1S/C23H23N9O/c1-14(2)29-19-8-21(32-22-16(11-28-32)7-15(9-24)10-27-22)26-13-18(19)23(33)30-17-5-6-20(25-12-17)31(3)4/h5-8,10-14H,1-4H3,(H,26,29)(H,30,33). The van der Waals surface area contributed by atoms with Crippen molar-refractivity contribution in [1.82, 2.24) is 24.7 Å². The highest BCUT2D eigenvalue weighted by molar-refractivity contribution is 6.08. The lowest BCUT2D eigenvalue weighted by Crippen LogP contribution is -2.19. The summed E-state index contributed by atoms with van der Waals surface area (Å²) >= 11 is 0. The molecular weight excluding hydrogens is 418 g/mol. The van der Waals surface area contributed by atoms with Gasteiger partial charge in [0.05, 0.1) is 34.9 Å².